The van der Waals surface area contributed by atoms with Crippen LogP contribution in [0.3, 0.4) is 0 Å². The minimum atomic E-state index is -0.456. The van der Waals surface area contributed by atoms with Crippen LogP contribution >= 0.6 is 0 Å². The van der Waals surface area contributed by atoms with Gasteiger partial charge in [-0.25, -0.2) is 0 Å². The van der Waals surface area contributed by atoms with Crippen molar-refractivity contribution >= 4 is 17.3 Å². The van der Waals surface area contributed by atoms with Gasteiger partial charge in [0.25, 0.3) is 11.6 Å². The SMILES string of the molecule is CN(CC1CCCC1O)C(=O)c1ccc(NC2CC2)c([N+](=O)[O-])c1. The van der Waals surface area contributed by atoms with Gasteiger partial charge in [0.05, 0.1) is 11.0 Å². The average molecular weight is 333 g/mol. The maximum Gasteiger partial charge on any atom is 0.293 e. The van der Waals surface area contributed by atoms with Crippen LogP contribution in [0.25, 0.3) is 0 Å². The molecule has 0 bridgehead atoms. The summed E-state index contributed by atoms with van der Waals surface area (Å²) in [4.78, 5) is 25.0. The van der Waals surface area contributed by atoms with Gasteiger partial charge in [-0.15, -0.1) is 0 Å². The number of anilines is 1. The van der Waals surface area contributed by atoms with E-state index >= 15 is 0 Å². The van der Waals surface area contributed by atoms with E-state index in [2.05, 4.69) is 5.32 Å². The summed E-state index contributed by atoms with van der Waals surface area (Å²) in [7, 11) is 1.68. The lowest BCUT2D eigenvalue weighted by Gasteiger charge is -2.23. The molecule has 0 spiro atoms. The summed E-state index contributed by atoms with van der Waals surface area (Å²) >= 11 is 0. The van der Waals surface area contributed by atoms with Gasteiger partial charge >= 0.3 is 0 Å². The number of rotatable bonds is 6. The number of nitrogens with zero attached hydrogens (tertiary/aromatic N) is 2. The van der Waals surface area contributed by atoms with Crippen LogP contribution in [0.1, 0.15) is 42.5 Å². The summed E-state index contributed by atoms with van der Waals surface area (Å²) in [5, 5.41) is 24.3. The lowest BCUT2D eigenvalue weighted by atomic mass is 10.0. The highest BCUT2D eigenvalue weighted by Crippen LogP contribution is 2.32. The Kier molecular flexibility index (Phi) is 4.71. The molecule has 0 aliphatic heterocycles. The van der Waals surface area contributed by atoms with E-state index in [0.717, 1.165) is 32.1 Å². The number of nitro groups is 1. The number of nitrogens with one attached hydrogen (secondary N) is 1. The minimum Gasteiger partial charge on any atom is -0.393 e. The standard InChI is InChI=1S/C17H23N3O4/c1-19(10-12-3-2-4-16(12)21)17(22)11-5-8-14(18-13-6-7-13)15(9-11)20(23)24/h5,8-9,12-13,16,18,21H,2-4,6-7,10H2,1H3. The molecule has 0 radical (unpaired) electrons. The van der Waals surface area contributed by atoms with E-state index in [1.165, 1.54) is 6.07 Å². The Balaban J connectivity index is 1.73. The van der Waals surface area contributed by atoms with E-state index in [1.54, 1.807) is 24.1 Å². The summed E-state index contributed by atoms with van der Waals surface area (Å²) in [5.41, 5.74) is 0.702. The van der Waals surface area contributed by atoms with Crippen molar-refractivity contribution in [3.05, 3.63) is 33.9 Å². The highest BCUT2D eigenvalue weighted by molar-refractivity contribution is 5.95. The molecule has 130 valence electrons. The molecule has 0 aromatic heterocycles. The number of carbonyl (C=O) groups excluding carboxylic acids is 1. The number of hydrogen-bond acceptors (Lipinski definition) is 5. The van der Waals surface area contributed by atoms with Crippen LogP contribution in [-0.2, 0) is 0 Å². The van der Waals surface area contributed by atoms with E-state index in [9.17, 15) is 20.0 Å². The molecule has 2 unspecified atom stereocenters. The van der Waals surface area contributed by atoms with Crippen LogP contribution in [0.2, 0.25) is 0 Å². The Morgan fingerprint density at radius 3 is 2.71 bits per heavy atom. The number of nitro benzene ring substituents is 1. The Morgan fingerprint density at radius 2 is 2.12 bits per heavy atom. The second-order valence-corrected chi connectivity index (χ2v) is 6.85. The van der Waals surface area contributed by atoms with Crippen molar-refractivity contribution in [1.82, 2.24) is 4.90 Å². The highest BCUT2D eigenvalue weighted by atomic mass is 16.6. The highest BCUT2D eigenvalue weighted by Gasteiger charge is 2.29. The first-order valence-corrected chi connectivity index (χ1v) is 8.44. The van der Waals surface area contributed by atoms with Gasteiger partial charge in [0, 0.05) is 37.2 Å². The molecule has 2 N–H and O–H groups in total. The third-order valence-corrected chi connectivity index (χ3v) is 4.85. The molecule has 1 amide bonds. The number of amides is 1. The summed E-state index contributed by atoms with van der Waals surface area (Å²) in [5.74, 6) is -0.167. The van der Waals surface area contributed by atoms with Crippen LogP contribution in [0.15, 0.2) is 18.2 Å². The number of hydrogen-bond donors (Lipinski definition) is 2. The number of aliphatic hydroxyl groups excluding tert-OH is 1. The average Bonchev–Trinajstić information content (AvgIpc) is 3.28. The van der Waals surface area contributed by atoms with E-state index < -0.39 is 4.92 Å². The third-order valence-electron chi connectivity index (χ3n) is 4.85. The summed E-state index contributed by atoms with van der Waals surface area (Å²) in [6.45, 7) is 0.468. The van der Waals surface area contributed by atoms with E-state index in [4.69, 9.17) is 0 Å². The molecule has 2 fully saturated rings. The topological polar surface area (TPSA) is 95.7 Å². The molecule has 3 rings (SSSR count). The Labute approximate surface area is 140 Å². The maximum absolute atomic E-state index is 12.6. The van der Waals surface area contributed by atoms with Crippen LogP contribution < -0.4 is 5.32 Å². The first-order chi connectivity index (χ1) is 11.5. The predicted octanol–water partition coefficient (Wildman–Crippen LogP) is 2.40. The summed E-state index contributed by atoms with van der Waals surface area (Å²) < 4.78 is 0. The Morgan fingerprint density at radius 1 is 1.38 bits per heavy atom. The molecule has 2 atom stereocenters. The van der Waals surface area contributed by atoms with Gasteiger partial charge < -0.3 is 15.3 Å². The molecule has 0 heterocycles. The fourth-order valence-electron chi connectivity index (χ4n) is 3.27. The smallest absolute Gasteiger partial charge is 0.293 e. The van der Waals surface area contributed by atoms with Crippen molar-refractivity contribution in [3.63, 3.8) is 0 Å². The van der Waals surface area contributed by atoms with Gasteiger partial charge in [-0.2, -0.15) is 0 Å². The molecule has 2 aliphatic rings. The largest absolute Gasteiger partial charge is 0.393 e. The first-order valence-electron chi connectivity index (χ1n) is 8.44. The monoisotopic (exact) mass is 333 g/mol. The first kappa shape index (κ1) is 16.7. The van der Waals surface area contributed by atoms with Gasteiger partial charge in [-0.1, -0.05) is 6.42 Å². The second kappa shape index (κ2) is 6.76. The predicted molar refractivity (Wildman–Crippen MR) is 90.0 cm³/mol. The Hall–Kier alpha value is -2.15. The van der Waals surface area contributed by atoms with Gasteiger partial charge in [-0.3, -0.25) is 14.9 Å². The van der Waals surface area contributed by atoms with Crippen molar-refractivity contribution in [2.45, 2.75) is 44.2 Å². The summed E-state index contributed by atoms with van der Waals surface area (Å²) in [6.07, 6.45) is 4.33. The fourth-order valence-corrected chi connectivity index (χ4v) is 3.27. The van der Waals surface area contributed by atoms with Gasteiger partial charge in [-0.05, 0) is 37.8 Å². The van der Waals surface area contributed by atoms with Crippen molar-refractivity contribution in [2.24, 2.45) is 5.92 Å². The van der Waals surface area contributed by atoms with Gasteiger partial charge in [0.2, 0.25) is 0 Å². The zero-order chi connectivity index (χ0) is 17.3. The molecule has 7 nitrogen and oxygen atoms in total. The minimum absolute atomic E-state index is 0.0675. The van der Waals surface area contributed by atoms with E-state index in [1.807, 2.05) is 0 Å². The van der Waals surface area contributed by atoms with Crippen LogP contribution in [0, 0.1) is 16.0 Å². The van der Waals surface area contributed by atoms with Crippen LogP contribution in [-0.4, -0.2) is 46.6 Å². The zero-order valence-electron chi connectivity index (χ0n) is 13.8. The molecule has 2 saturated carbocycles. The van der Waals surface area contributed by atoms with Crippen LogP contribution in [0.4, 0.5) is 11.4 Å². The molecule has 1 aromatic carbocycles. The van der Waals surface area contributed by atoms with Crippen molar-refractivity contribution in [2.75, 3.05) is 18.9 Å². The number of aliphatic hydroxyl groups is 1. The normalized spacial score (nSPS) is 23.1. The van der Waals surface area contributed by atoms with Crippen LogP contribution in [0.5, 0.6) is 0 Å². The maximum atomic E-state index is 12.6. The molecule has 7 heteroatoms. The molecule has 24 heavy (non-hydrogen) atoms. The molecular weight excluding hydrogens is 310 g/mol. The lowest BCUT2D eigenvalue weighted by Crippen LogP contribution is -2.34. The van der Waals surface area contributed by atoms with Gasteiger partial charge in [0.15, 0.2) is 0 Å². The van der Waals surface area contributed by atoms with Gasteiger partial charge in [0.1, 0.15) is 5.69 Å². The Bertz CT molecular complexity index is 645. The number of benzene rings is 1. The van der Waals surface area contributed by atoms with E-state index in [0.29, 0.717) is 23.8 Å². The lowest BCUT2D eigenvalue weighted by molar-refractivity contribution is -0.384. The number of carbonyl (C=O) groups is 1. The third kappa shape index (κ3) is 3.67. The summed E-state index contributed by atoms with van der Waals surface area (Å²) in [6, 6.07) is 4.88. The molecular formula is C17H23N3O4. The quantitative estimate of drug-likeness (QED) is 0.615. The molecule has 1 aromatic rings. The van der Waals surface area contributed by atoms with Crippen molar-refractivity contribution in [3.8, 4) is 0 Å². The fraction of sp³-hybridized carbons (Fsp3) is 0.588. The van der Waals surface area contributed by atoms with Crippen molar-refractivity contribution in [1.29, 1.82) is 0 Å². The molecule has 0 saturated heterocycles. The van der Waals surface area contributed by atoms with E-state index in [-0.39, 0.29) is 23.6 Å². The second-order valence-electron chi connectivity index (χ2n) is 6.85. The molecule has 2 aliphatic carbocycles. The van der Waals surface area contributed by atoms with Crippen molar-refractivity contribution < 1.29 is 14.8 Å². The zero-order valence-corrected chi connectivity index (χ0v) is 13.8.